The average molecular weight is 762 g/mol. The Morgan fingerprint density at radius 3 is 1.91 bits per heavy atom. The van der Waals surface area contributed by atoms with Crippen LogP contribution in [0.1, 0.15) is 89.6 Å². The third-order valence-corrected chi connectivity index (χ3v) is 8.49. The molecule has 1 rings (SSSR count). The van der Waals surface area contributed by atoms with Crippen molar-refractivity contribution < 1.29 is 48.6 Å². The van der Waals surface area contributed by atoms with E-state index < -0.39 is 90.8 Å². The minimum absolute atomic E-state index is 0.00449. The number of aliphatic hydroxyl groups excluding tert-OH is 2. The summed E-state index contributed by atoms with van der Waals surface area (Å²) < 4.78 is 0. The number of aliphatic hydroxyl groups is 2. The number of carbonyl (C=O) groups excluding carboxylic acids is 8. The van der Waals surface area contributed by atoms with E-state index in [0.29, 0.717) is 11.8 Å². The smallest absolute Gasteiger partial charge is 0.251 e. The van der Waals surface area contributed by atoms with Crippen LogP contribution in [0.3, 0.4) is 0 Å². The molecule has 0 bridgehead atoms. The number of carbonyl (C=O) groups is 8. The fourth-order valence-corrected chi connectivity index (χ4v) is 5.34. The van der Waals surface area contributed by atoms with Crippen molar-refractivity contribution in [3.8, 4) is 0 Å². The number of amides is 7. The molecule has 8 N–H and O–H groups in total. The fraction of sp³-hybridized carbons (Fsp3) is 0.622. The molecular weight excluding hydrogens is 702 g/mol. The van der Waals surface area contributed by atoms with Gasteiger partial charge in [0.2, 0.25) is 35.4 Å². The fourth-order valence-electron chi connectivity index (χ4n) is 5.34. The van der Waals surface area contributed by atoms with E-state index in [9.17, 15) is 48.6 Å². The molecule has 0 aliphatic rings. The molecule has 302 valence electrons. The molecule has 1 aromatic carbocycles. The molecular formula is C37H59N7O10. The van der Waals surface area contributed by atoms with E-state index >= 15 is 0 Å². The van der Waals surface area contributed by atoms with Gasteiger partial charge >= 0.3 is 0 Å². The molecule has 54 heavy (non-hydrogen) atoms. The van der Waals surface area contributed by atoms with Crippen molar-refractivity contribution in [3.63, 3.8) is 0 Å². The van der Waals surface area contributed by atoms with Gasteiger partial charge in [0.05, 0.1) is 25.8 Å². The molecule has 0 aromatic heterocycles. The van der Waals surface area contributed by atoms with Crippen molar-refractivity contribution in [2.45, 2.75) is 116 Å². The molecule has 0 spiro atoms. The summed E-state index contributed by atoms with van der Waals surface area (Å²) in [5.41, 5.74) is 1.37. The van der Waals surface area contributed by atoms with Crippen molar-refractivity contribution in [2.24, 2.45) is 5.92 Å². The minimum atomic E-state index is -1.49. The van der Waals surface area contributed by atoms with E-state index in [1.807, 2.05) is 26.0 Å². The summed E-state index contributed by atoms with van der Waals surface area (Å²) in [6.07, 6.45) is 4.68. The Balaban J connectivity index is 2.74. The molecule has 0 fully saturated rings. The van der Waals surface area contributed by atoms with Crippen molar-refractivity contribution in [1.82, 2.24) is 36.8 Å². The number of rotatable bonds is 24. The van der Waals surface area contributed by atoms with Crippen LogP contribution < -0.4 is 31.9 Å². The Hall–Kier alpha value is -4.90. The topological polar surface area (TPSA) is 252 Å². The Kier molecular flexibility index (Phi) is 21.3. The number of hydrogen-bond acceptors (Lipinski definition) is 10. The zero-order chi connectivity index (χ0) is 41.0. The molecule has 7 amide bonds. The normalized spacial score (nSPS) is 14.3. The summed E-state index contributed by atoms with van der Waals surface area (Å²) in [5, 5.41) is 34.7. The van der Waals surface area contributed by atoms with Gasteiger partial charge in [0.25, 0.3) is 5.91 Å². The Morgan fingerprint density at radius 2 is 1.35 bits per heavy atom. The first-order valence-electron chi connectivity index (χ1n) is 18.3. The summed E-state index contributed by atoms with van der Waals surface area (Å²) in [5.74, 6) is -5.20. The molecule has 17 heteroatoms. The average Bonchev–Trinajstić information content (AvgIpc) is 3.12. The molecule has 0 heterocycles. The van der Waals surface area contributed by atoms with Crippen LogP contribution in [-0.2, 0) is 40.0 Å². The first-order chi connectivity index (χ1) is 25.5. The molecule has 0 aliphatic carbocycles. The number of aldehydes is 1. The van der Waals surface area contributed by atoms with E-state index in [1.54, 1.807) is 12.1 Å². The molecule has 2 unspecified atom stereocenters. The van der Waals surface area contributed by atoms with Crippen LogP contribution in [0.4, 0.5) is 0 Å². The van der Waals surface area contributed by atoms with Gasteiger partial charge in [-0.25, -0.2) is 0 Å². The Bertz CT molecular complexity index is 1420. The quantitative estimate of drug-likeness (QED) is 0.0475. The second-order valence-corrected chi connectivity index (χ2v) is 13.7. The van der Waals surface area contributed by atoms with Gasteiger partial charge in [-0.15, -0.1) is 0 Å². The lowest BCUT2D eigenvalue weighted by atomic mass is 10.0. The van der Waals surface area contributed by atoms with Gasteiger partial charge in [0, 0.05) is 12.6 Å². The molecule has 0 saturated heterocycles. The van der Waals surface area contributed by atoms with Crippen molar-refractivity contribution >= 4 is 47.6 Å². The zero-order valence-corrected chi connectivity index (χ0v) is 32.4. The molecule has 17 nitrogen and oxygen atoms in total. The molecule has 0 aliphatic heterocycles. The van der Waals surface area contributed by atoms with E-state index in [4.69, 9.17) is 0 Å². The Labute approximate surface area is 317 Å². The van der Waals surface area contributed by atoms with E-state index in [1.165, 1.54) is 27.8 Å². The molecule has 0 radical (unpaired) electrons. The SMILES string of the molecule is CCCCCCc1ccc(C(=O)N[C@H](CO)C(=O)N[C@H](C)C(=O)NCC(=O)N(C)[C@H](C(=O)N[C@@H](C)C(=O)NC(CC(C)C)C(=O)NCC=O)C(C)O)cc1. The third-order valence-electron chi connectivity index (χ3n) is 8.49. The predicted molar refractivity (Wildman–Crippen MR) is 200 cm³/mol. The number of hydrogen-bond donors (Lipinski definition) is 8. The number of nitrogens with zero attached hydrogens (tertiary/aromatic N) is 1. The number of benzene rings is 1. The van der Waals surface area contributed by atoms with Crippen molar-refractivity contribution in [3.05, 3.63) is 35.4 Å². The highest BCUT2D eigenvalue weighted by Gasteiger charge is 2.34. The summed E-state index contributed by atoms with van der Waals surface area (Å²) >= 11 is 0. The monoisotopic (exact) mass is 761 g/mol. The standard InChI is InChI=1S/C37H59N7O10/c1-8-9-10-11-12-26-13-15-27(16-14-26)34(51)43-29(21-46)36(53)40-23(4)32(49)39-20-30(48)44(7)31(25(6)47)37(54)41-24(5)33(50)42-28(19-22(2)3)35(52)38-17-18-45/h13-16,18,22-25,28-29,31,46-47H,8-12,17,19-21H2,1-7H3,(H,38,52)(H,39,49)(H,40,53)(H,41,54)(H,42,50)(H,43,51)/t23-,24+,25?,28?,29-,31+/m1/s1. The van der Waals surface area contributed by atoms with Gasteiger partial charge in [0.15, 0.2) is 0 Å². The Morgan fingerprint density at radius 1 is 0.741 bits per heavy atom. The maximum atomic E-state index is 13.1. The zero-order valence-electron chi connectivity index (χ0n) is 32.4. The lowest BCUT2D eigenvalue weighted by Gasteiger charge is -2.31. The molecule has 6 atom stereocenters. The van der Waals surface area contributed by atoms with Crippen molar-refractivity contribution in [1.29, 1.82) is 0 Å². The molecule has 1 aromatic rings. The van der Waals surface area contributed by atoms with Crippen LogP contribution in [-0.4, -0.2) is 126 Å². The summed E-state index contributed by atoms with van der Waals surface area (Å²) in [7, 11) is 1.22. The van der Waals surface area contributed by atoms with Crippen LogP contribution in [0, 0.1) is 5.92 Å². The van der Waals surface area contributed by atoms with Crippen LogP contribution in [0.25, 0.3) is 0 Å². The van der Waals surface area contributed by atoms with E-state index in [2.05, 4.69) is 38.8 Å². The predicted octanol–water partition coefficient (Wildman–Crippen LogP) is -0.920. The lowest BCUT2D eigenvalue weighted by Crippen LogP contribution is -2.59. The van der Waals surface area contributed by atoms with Crippen LogP contribution in [0.2, 0.25) is 0 Å². The maximum Gasteiger partial charge on any atom is 0.251 e. The van der Waals surface area contributed by atoms with Crippen LogP contribution >= 0.6 is 0 Å². The van der Waals surface area contributed by atoms with Gasteiger partial charge in [-0.05, 0) is 63.6 Å². The number of likely N-dealkylation sites (N-methyl/N-ethyl adjacent to an activating group) is 1. The maximum absolute atomic E-state index is 13.1. The largest absolute Gasteiger partial charge is 0.394 e. The number of unbranched alkanes of at least 4 members (excludes halogenated alkanes) is 3. The first-order valence-corrected chi connectivity index (χ1v) is 18.3. The van der Waals surface area contributed by atoms with Gasteiger partial charge in [0.1, 0.15) is 36.5 Å². The third kappa shape index (κ3) is 16.4. The number of aryl methyl sites for hydroxylation is 1. The highest BCUT2D eigenvalue weighted by Crippen LogP contribution is 2.11. The van der Waals surface area contributed by atoms with E-state index in [0.717, 1.165) is 42.6 Å². The lowest BCUT2D eigenvalue weighted by molar-refractivity contribution is -0.144. The van der Waals surface area contributed by atoms with Gasteiger partial charge < -0.3 is 51.8 Å². The van der Waals surface area contributed by atoms with Gasteiger partial charge in [-0.2, -0.15) is 0 Å². The highest BCUT2D eigenvalue weighted by molar-refractivity contribution is 5.99. The summed E-state index contributed by atoms with van der Waals surface area (Å²) in [4.78, 5) is 101. The van der Waals surface area contributed by atoms with Crippen LogP contribution in [0.5, 0.6) is 0 Å². The number of nitrogens with one attached hydrogen (secondary N) is 6. The summed E-state index contributed by atoms with van der Waals surface area (Å²) in [6, 6.07) is 0.702. The molecule has 0 saturated carbocycles. The van der Waals surface area contributed by atoms with Crippen molar-refractivity contribution in [2.75, 3.05) is 26.7 Å². The summed E-state index contributed by atoms with van der Waals surface area (Å²) in [6.45, 7) is 8.12. The van der Waals surface area contributed by atoms with E-state index in [-0.39, 0.29) is 18.9 Å². The second kappa shape index (κ2) is 24.4. The van der Waals surface area contributed by atoms with Gasteiger partial charge in [-0.3, -0.25) is 33.6 Å². The minimum Gasteiger partial charge on any atom is -0.394 e. The second-order valence-electron chi connectivity index (χ2n) is 13.7. The first kappa shape index (κ1) is 47.1. The van der Waals surface area contributed by atoms with Crippen LogP contribution in [0.15, 0.2) is 24.3 Å². The highest BCUT2D eigenvalue weighted by atomic mass is 16.3. The van der Waals surface area contributed by atoms with Gasteiger partial charge in [-0.1, -0.05) is 52.2 Å².